The van der Waals surface area contributed by atoms with E-state index >= 15 is 0 Å². The van der Waals surface area contributed by atoms with Crippen LogP contribution in [0.5, 0.6) is 0 Å². The van der Waals surface area contributed by atoms with E-state index in [0.29, 0.717) is 5.76 Å². The summed E-state index contributed by atoms with van der Waals surface area (Å²) in [5.41, 5.74) is 0.866. The van der Waals surface area contributed by atoms with Crippen LogP contribution in [0.4, 0.5) is 0 Å². The van der Waals surface area contributed by atoms with E-state index in [2.05, 4.69) is 12.1 Å². The van der Waals surface area contributed by atoms with E-state index in [1.807, 2.05) is 11.0 Å². The van der Waals surface area contributed by atoms with E-state index in [4.69, 9.17) is 8.94 Å². The first-order valence-electron chi connectivity index (χ1n) is 8.09. The first kappa shape index (κ1) is 14.9. The van der Waals surface area contributed by atoms with Gasteiger partial charge < -0.3 is 13.8 Å². The number of nitrogens with zero attached hydrogens (tertiary/aromatic N) is 2. The summed E-state index contributed by atoms with van der Waals surface area (Å²) in [5.74, 6) is 1.23. The van der Waals surface area contributed by atoms with Crippen molar-refractivity contribution in [2.24, 2.45) is 0 Å². The van der Waals surface area contributed by atoms with E-state index in [-0.39, 0.29) is 11.9 Å². The van der Waals surface area contributed by atoms with Gasteiger partial charge >= 0.3 is 0 Å². The fourth-order valence-electron chi connectivity index (χ4n) is 3.05. The molecule has 0 radical (unpaired) electrons. The number of rotatable bonds is 4. The highest BCUT2D eigenvalue weighted by molar-refractivity contribution is 5.91. The second-order valence-electron chi connectivity index (χ2n) is 5.81. The zero-order valence-electron chi connectivity index (χ0n) is 13.0. The molecule has 0 N–H and O–H groups in total. The molecule has 0 saturated carbocycles. The predicted molar refractivity (Wildman–Crippen MR) is 81.5 cm³/mol. The predicted octanol–water partition coefficient (Wildman–Crippen LogP) is 3.98. The molecule has 1 unspecified atom stereocenters. The second kappa shape index (κ2) is 6.81. The van der Waals surface area contributed by atoms with Gasteiger partial charge in [-0.1, -0.05) is 24.9 Å². The Hall–Kier alpha value is -2.04. The van der Waals surface area contributed by atoms with Gasteiger partial charge in [0.25, 0.3) is 5.91 Å². The monoisotopic (exact) mass is 302 g/mol. The van der Waals surface area contributed by atoms with Gasteiger partial charge in [0.2, 0.25) is 0 Å². The molecule has 5 heteroatoms. The van der Waals surface area contributed by atoms with Crippen molar-refractivity contribution in [3.8, 4) is 0 Å². The van der Waals surface area contributed by atoms with Gasteiger partial charge in [0.1, 0.15) is 11.5 Å². The number of carbonyl (C=O) groups excluding carboxylic acids is 1. The molecule has 0 aromatic carbocycles. The molecule has 118 valence electrons. The minimum absolute atomic E-state index is 0.0190. The Kier molecular flexibility index (Phi) is 4.61. The summed E-state index contributed by atoms with van der Waals surface area (Å²) in [5, 5.41) is 4.21. The Balaban J connectivity index is 1.85. The highest BCUT2D eigenvalue weighted by Gasteiger charge is 2.30. The summed E-state index contributed by atoms with van der Waals surface area (Å²) in [6.07, 6.45) is 7.61. The van der Waals surface area contributed by atoms with Crippen molar-refractivity contribution in [2.75, 3.05) is 6.54 Å². The SMILES string of the molecule is CCCc1cc(C2CCCCCN2C(=O)c2ccco2)no1. The molecular weight excluding hydrogens is 280 g/mol. The third kappa shape index (κ3) is 3.08. The van der Waals surface area contributed by atoms with Gasteiger partial charge in [0.15, 0.2) is 5.76 Å². The number of amides is 1. The van der Waals surface area contributed by atoms with Crippen molar-refractivity contribution < 1.29 is 13.7 Å². The third-order valence-electron chi connectivity index (χ3n) is 4.16. The van der Waals surface area contributed by atoms with Gasteiger partial charge in [-0.3, -0.25) is 4.79 Å². The molecule has 2 aromatic heterocycles. The topological polar surface area (TPSA) is 59.5 Å². The highest BCUT2D eigenvalue weighted by atomic mass is 16.5. The molecule has 1 amide bonds. The quantitative estimate of drug-likeness (QED) is 0.857. The van der Waals surface area contributed by atoms with Crippen LogP contribution in [-0.4, -0.2) is 22.5 Å². The van der Waals surface area contributed by atoms with Crippen LogP contribution in [0.1, 0.15) is 67.1 Å². The maximum Gasteiger partial charge on any atom is 0.290 e. The molecule has 3 heterocycles. The molecule has 5 nitrogen and oxygen atoms in total. The lowest BCUT2D eigenvalue weighted by molar-refractivity contribution is 0.0641. The molecule has 1 fully saturated rings. The minimum atomic E-state index is -0.0584. The molecular formula is C17H22N2O3. The summed E-state index contributed by atoms with van der Waals surface area (Å²) in [7, 11) is 0. The first-order chi connectivity index (χ1) is 10.8. The van der Waals surface area contributed by atoms with Crippen LogP contribution in [0.2, 0.25) is 0 Å². The zero-order valence-corrected chi connectivity index (χ0v) is 13.0. The average molecular weight is 302 g/mol. The molecule has 0 spiro atoms. The fraction of sp³-hybridized carbons (Fsp3) is 0.529. The van der Waals surface area contributed by atoms with Gasteiger partial charge in [-0.15, -0.1) is 0 Å². The molecule has 1 aliphatic rings. The standard InChI is InChI=1S/C17H22N2O3/c1-2-7-13-12-14(18-22-13)15-8-4-3-5-10-19(15)17(20)16-9-6-11-21-16/h6,9,11-12,15H,2-5,7-8,10H2,1H3. The normalized spacial score (nSPS) is 19.1. The Bertz CT molecular complexity index is 603. The van der Waals surface area contributed by atoms with Crippen LogP contribution in [0.25, 0.3) is 0 Å². The summed E-state index contributed by atoms with van der Waals surface area (Å²) in [6, 6.07) is 5.45. The van der Waals surface area contributed by atoms with Crippen LogP contribution in [0.15, 0.2) is 33.4 Å². The van der Waals surface area contributed by atoms with E-state index in [9.17, 15) is 4.79 Å². The van der Waals surface area contributed by atoms with E-state index in [0.717, 1.165) is 56.5 Å². The number of furan rings is 1. The third-order valence-corrected chi connectivity index (χ3v) is 4.16. The van der Waals surface area contributed by atoms with Gasteiger partial charge in [-0.05, 0) is 31.4 Å². The Morgan fingerprint density at radius 1 is 1.41 bits per heavy atom. The zero-order chi connectivity index (χ0) is 15.4. The van der Waals surface area contributed by atoms with E-state index in [1.54, 1.807) is 12.1 Å². The number of aromatic nitrogens is 1. The number of aryl methyl sites for hydroxylation is 1. The molecule has 2 aromatic rings. The molecule has 0 aliphatic carbocycles. The molecule has 1 aliphatic heterocycles. The summed E-state index contributed by atoms with van der Waals surface area (Å²) < 4.78 is 10.7. The smallest absolute Gasteiger partial charge is 0.290 e. The lowest BCUT2D eigenvalue weighted by Gasteiger charge is -2.27. The van der Waals surface area contributed by atoms with Crippen molar-refractivity contribution in [3.63, 3.8) is 0 Å². The maximum atomic E-state index is 12.7. The Labute approximate surface area is 130 Å². The van der Waals surface area contributed by atoms with Crippen LogP contribution in [-0.2, 0) is 6.42 Å². The maximum absolute atomic E-state index is 12.7. The van der Waals surface area contributed by atoms with Gasteiger partial charge in [-0.25, -0.2) is 0 Å². The number of likely N-dealkylation sites (tertiary alicyclic amines) is 1. The molecule has 0 bridgehead atoms. The second-order valence-corrected chi connectivity index (χ2v) is 5.81. The lowest BCUT2D eigenvalue weighted by atomic mass is 10.1. The van der Waals surface area contributed by atoms with Crippen LogP contribution >= 0.6 is 0 Å². The highest BCUT2D eigenvalue weighted by Crippen LogP contribution is 2.31. The summed E-state index contributed by atoms with van der Waals surface area (Å²) in [6.45, 7) is 2.85. The van der Waals surface area contributed by atoms with Crippen molar-refractivity contribution in [1.29, 1.82) is 0 Å². The molecule has 1 atom stereocenters. The van der Waals surface area contributed by atoms with Crippen molar-refractivity contribution in [2.45, 2.75) is 51.5 Å². The van der Waals surface area contributed by atoms with Crippen LogP contribution in [0.3, 0.4) is 0 Å². The summed E-state index contributed by atoms with van der Waals surface area (Å²) >= 11 is 0. The fourth-order valence-corrected chi connectivity index (χ4v) is 3.05. The minimum Gasteiger partial charge on any atom is -0.459 e. The van der Waals surface area contributed by atoms with E-state index in [1.165, 1.54) is 6.26 Å². The van der Waals surface area contributed by atoms with Gasteiger partial charge in [0.05, 0.1) is 12.3 Å². The number of carbonyl (C=O) groups is 1. The average Bonchev–Trinajstić information content (AvgIpc) is 3.15. The van der Waals surface area contributed by atoms with E-state index < -0.39 is 0 Å². The van der Waals surface area contributed by atoms with Crippen LogP contribution in [0, 0.1) is 0 Å². The van der Waals surface area contributed by atoms with Gasteiger partial charge in [-0.2, -0.15) is 0 Å². The van der Waals surface area contributed by atoms with Gasteiger partial charge in [0, 0.05) is 19.0 Å². The Morgan fingerprint density at radius 2 is 2.32 bits per heavy atom. The first-order valence-corrected chi connectivity index (χ1v) is 8.09. The lowest BCUT2D eigenvalue weighted by Crippen LogP contribution is -2.34. The number of hydrogen-bond donors (Lipinski definition) is 0. The van der Waals surface area contributed by atoms with Crippen molar-refractivity contribution in [3.05, 3.63) is 41.7 Å². The number of hydrogen-bond acceptors (Lipinski definition) is 4. The summed E-state index contributed by atoms with van der Waals surface area (Å²) in [4.78, 5) is 14.6. The van der Waals surface area contributed by atoms with Crippen molar-refractivity contribution >= 4 is 5.91 Å². The Morgan fingerprint density at radius 3 is 3.09 bits per heavy atom. The molecule has 3 rings (SSSR count). The largest absolute Gasteiger partial charge is 0.459 e. The van der Waals surface area contributed by atoms with Crippen LogP contribution < -0.4 is 0 Å². The molecule has 1 saturated heterocycles. The van der Waals surface area contributed by atoms with Crippen molar-refractivity contribution in [1.82, 2.24) is 10.1 Å². The molecule has 22 heavy (non-hydrogen) atoms.